The van der Waals surface area contributed by atoms with Gasteiger partial charge in [0.25, 0.3) is 5.91 Å². The summed E-state index contributed by atoms with van der Waals surface area (Å²) in [6.07, 6.45) is 5.32. The molecule has 5 nitrogen and oxygen atoms in total. The zero-order chi connectivity index (χ0) is 22.5. The van der Waals surface area contributed by atoms with Crippen molar-refractivity contribution in [2.75, 3.05) is 38.1 Å². The van der Waals surface area contributed by atoms with Gasteiger partial charge in [0.2, 0.25) is 5.91 Å². The van der Waals surface area contributed by atoms with Crippen LogP contribution in [0.2, 0.25) is 0 Å². The van der Waals surface area contributed by atoms with Crippen LogP contribution in [0, 0.1) is 5.92 Å². The van der Waals surface area contributed by atoms with Crippen molar-refractivity contribution in [3.05, 3.63) is 64.1 Å². The van der Waals surface area contributed by atoms with Gasteiger partial charge in [-0.05, 0) is 74.1 Å². The van der Waals surface area contributed by atoms with Crippen molar-refractivity contribution in [3.63, 3.8) is 0 Å². The molecule has 2 fully saturated rings. The third-order valence-electron chi connectivity index (χ3n) is 6.68. The molecule has 2 heterocycles. The summed E-state index contributed by atoms with van der Waals surface area (Å²) >= 11 is 3.40. The Balaban J connectivity index is 1.27. The first-order valence-electron chi connectivity index (χ1n) is 11.6. The van der Waals surface area contributed by atoms with Gasteiger partial charge in [-0.2, -0.15) is 0 Å². The molecule has 0 aliphatic carbocycles. The molecule has 0 atom stereocenters. The van der Waals surface area contributed by atoms with Crippen LogP contribution in [0.5, 0.6) is 0 Å². The van der Waals surface area contributed by atoms with Crippen LogP contribution in [-0.4, -0.2) is 54.8 Å². The molecule has 0 saturated carbocycles. The minimum absolute atomic E-state index is 0.0124. The first kappa shape index (κ1) is 22.8. The van der Waals surface area contributed by atoms with Crippen molar-refractivity contribution < 1.29 is 9.59 Å². The number of carbonyl (C=O) groups is 2. The summed E-state index contributed by atoms with van der Waals surface area (Å²) in [6, 6.07) is 16.1. The molecule has 0 aromatic heterocycles. The molecule has 2 saturated heterocycles. The zero-order valence-electron chi connectivity index (χ0n) is 18.8. The molecule has 0 radical (unpaired) electrons. The van der Waals surface area contributed by atoms with Crippen molar-refractivity contribution in [2.24, 2.45) is 5.92 Å². The SMILES string of the molecule is CN(Cc1ccc(N2CCCCC2)cc1)C(=O)C1CCN(C(=O)c2ccc(Br)cc2)CC1. The van der Waals surface area contributed by atoms with Gasteiger partial charge in [-0.1, -0.05) is 28.1 Å². The average Bonchev–Trinajstić information content (AvgIpc) is 2.85. The number of carbonyl (C=O) groups excluding carboxylic acids is 2. The third-order valence-corrected chi connectivity index (χ3v) is 7.20. The number of anilines is 1. The Bertz CT molecular complexity index is 915. The number of hydrogen-bond donors (Lipinski definition) is 0. The molecule has 2 amide bonds. The zero-order valence-corrected chi connectivity index (χ0v) is 20.4. The highest BCUT2D eigenvalue weighted by Crippen LogP contribution is 2.24. The van der Waals surface area contributed by atoms with Crippen LogP contribution in [-0.2, 0) is 11.3 Å². The quantitative estimate of drug-likeness (QED) is 0.586. The van der Waals surface area contributed by atoms with E-state index in [1.165, 1.54) is 24.9 Å². The Hall–Kier alpha value is -2.34. The summed E-state index contributed by atoms with van der Waals surface area (Å²) in [6.45, 7) is 4.16. The number of amides is 2. The third kappa shape index (κ3) is 5.52. The van der Waals surface area contributed by atoms with Crippen molar-refractivity contribution >= 4 is 33.4 Å². The average molecular weight is 498 g/mol. The molecule has 2 aromatic rings. The fourth-order valence-electron chi connectivity index (χ4n) is 4.73. The Morgan fingerprint density at radius 2 is 1.53 bits per heavy atom. The van der Waals surface area contributed by atoms with Gasteiger partial charge < -0.3 is 14.7 Å². The molecule has 170 valence electrons. The van der Waals surface area contributed by atoms with E-state index in [1.54, 1.807) is 0 Å². The second-order valence-corrected chi connectivity index (χ2v) is 9.90. The van der Waals surface area contributed by atoms with Gasteiger partial charge in [-0.15, -0.1) is 0 Å². The maximum atomic E-state index is 13.0. The molecule has 2 aromatic carbocycles. The minimum Gasteiger partial charge on any atom is -0.372 e. The first-order chi connectivity index (χ1) is 15.5. The number of rotatable bonds is 5. The highest BCUT2D eigenvalue weighted by atomic mass is 79.9. The number of nitrogens with zero attached hydrogens (tertiary/aromatic N) is 3. The molecule has 0 bridgehead atoms. The molecule has 32 heavy (non-hydrogen) atoms. The van der Waals surface area contributed by atoms with E-state index in [9.17, 15) is 9.59 Å². The van der Waals surface area contributed by atoms with E-state index < -0.39 is 0 Å². The molecule has 2 aliphatic rings. The van der Waals surface area contributed by atoms with Gasteiger partial charge in [0.15, 0.2) is 0 Å². The summed E-state index contributed by atoms with van der Waals surface area (Å²) in [5, 5.41) is 0. The summed E-state index contributed by atoms with van der Waals surface area (Å²) in [7, 11) is 1.89. The van der Waals surface area contributed by atoms with Gasteiger partial charge in [0, 0.05) is 61.4 Å². The molecule has 6 heteroatoms. The van der Waals surface area contributed by atoms with E-state index in [1.807, 2.05) is 41.1 Å². The van der Waals surface area contributed by atoms with E-state index in [4.69, 9.17) is 0 Å². The molecule has 0 spiro atoms. The van der Waals surface area contributed by atoms with Crippen LogP contribution in [0.4, 0.5) is 5.69 Å². The van der Waals surface area contributed by atoms with Crippen molar-refractivity contribution in [1.82, 2.24) is 9.80 Å². The van der Waals surface area contributed by atoms with Crippen LogP contribution < -0.4 is 4.90 Å². The maximum absolute atomic E-state index is 13.0. The van der Waals surface area contributed by atoms with E-state index in [0.29, 0.717) is 25.2 Å². The molecular weight excluding hydrogens is 466 g/mol. The monoisotopic (exact) mass is 497 g/mol. The second-order valence-electron chi connectivity index (χ2n) is 8.98. The van der Waals surface area contributed by atoms with E-state index in [0.717, 1.165) is 36.0 Å². The second kappa shape index (κ2) is 10.5. The lowest BCUT2D eigenvalue weighted by atomic mass is 9.94. The predicted octanol–water partition coefficient (Wildman–Crippen LogP) is 4.95. The van der Waals surface area contributed by atoms with Crippen LogP contribution >= 0.6 is 15.9 Å². The Kier molecular flexibility index (Phi) is 7.51. The molecule has 0 N–H and O–H groups in total. The summed E-state index contributed by atoms with van der Waals surface area (Å²) in [5.74, 6) is 0.216. The number of hydrogen-bond acceptors (Lipinski definition) is 3. The highest BCUT2D eigenvalue weighted by Gasteiger charge is 2.29. The van der Waals surface area contributed by atoms with Gasteiger partial charge in [0.1, 0.15) is 0 Å². The standard InChI is InChI=1S/C26H32BrN3O2/c1-28(19-20-5-11-24(12-6-20)29-15-3-2-4-16-29)25(31)22-13-17-30(18-14-22)26(32)21-7-9-23(27)10-8-21/h5-12,22H,2-4,13-19H2,1H3. The number of benzene rings is 2. The van der Waals surface area contributed by atoms with Crippen LogP contribution in [0.3, 0.4) is 0 Å². The normalized spacial score (nSPS) is 17.3. The predicted molar refractivity (Wildman–Crippen MR) is 132 cm³/mol. The van der Waals surface area contributed by atoms with E-state index in [-0.39, 0.29) is 17.7 Å². The van der Waals surface area contributed by atoms with Crippen LogP contribution in [0.25, 0.3) is 0 Å². The summed E-state index contributed by atoms with van der Waals surface area (Å²) in [4.78, 5) is 31.9. The smallest absolute Gasteiger partial charge is 0.253 e. The maximum Gasteiger partial charge on any atom is 0.253 e. The van der Waals surface area contributed by atoms with E-state index >= 15 is 0 Å². The Morgan fingerprint density at radius 3 is 2.16 bits per heavy atom. The van der Waals surface area contributed by atoms with Crippen molar-refractivity contribution in [2.45, 2.75) is 38.6 Å². The van der Waals surface area contributed by atoms with Gasteiger partial charge >= 0.3 is 0 Å². The molecule has 4 rings (SSSR count). The van der Waals surface area contributed by atoms with Crippen molar-refractivity contribution in [3.8, 4) is 0 Å². The number of halogens is 1. The summed E-state index contributed by atoms with van der Waals surface area (Å²) in [5.41, 5.74) is 3.14. The van der Waals surface area contributed by atoms with Crippen LogP contribution in [0.1, 0.15) is 48.0 Å². The fraction of sp³-hybridized carbons (Fsp3) is 0.462. The Morgan fingerprint density at radius 1 is 0.906 bits per heavy atom. The lowest BCUT2D eigenvalue weighted by Gasteiger charge is -2.33. The lowest BCUT2D eigenvalue weighted by molar-refractivity contribution is -0.136. The molecule has 2 aliphatic heterocycles. The van der Waals surface area contributed by atoms with Gasteiger partial charge in [-0.3, -0.25) is 9.59 Å². The summed E-state index contributed by atoms with van der Waals surface area (Å²) < 4.78 is 0.961. The Labute approximate surface area is 199 Å². The highest BCUT2D eigenvalue weighted by molar-refractivity contribution is 9.10. The van der Waals surface area contributed by atoms with E-state index in [2.05, 4.69) is 45.1 Å². The fourth-order valence-corrected chi connectivity index (χ4v) is 5.00. The first-order valence-corrected chi connectivity index (χ1v) is 12.4. The number of piperidine rings is 2. The minimum atomic E-state index is -0.0124. The molecule has 0 unspecified atom stereocenters. The lowest BCUT2D eigenvalue weighted by Crippen LogP contribution is -2.43. The van der Waals surface area contributed by atoms with Gasteiger partial charge in [0.05, 0.1) is 0 Å². The van der Waals surface area contributed by atoms with Crippen molar-refractivity contribution in [1.29, 1.82) is 0 Å². The largest absolute Gasteiger partial charge is 0.372 e. The number of likely N-dealkylation sites (tertiary alicyclic amines) is 1. The molecular formula is C26H32BrN3O2. The topological polar surface area (TPSA) is 43.9 Å². The van der Waals surface area contributed by atoms with Gasteiger partial charge in [-0.25, -0.2) is 0 Å². The van der Waals surface area contributed by atoms with Crippen LogP contribution in [0.15, 0.2) is 53.0 Å².